The van der Waals surface area contributed by atoms with Crippen LogP contribution in [0.5, 0.6) is 11.5 Å². The summed E-state index contributed by atoms with van der Waals surface area (Å²) in [6, 6.07) is 21.7. The second-order valence-corrected chi connectivity index (χ2v) is 12.2. The van der Waals surface area contributed by atoms with E-state index in [1.807, 2.05) is 68.4 Å². The first-order valence-corrected chi connectivity index (χ1v) is 16.0. The molecule has 0 aromatic heterocycles. The van der Waals surface area contributed by atoms with Gasteiger partial charge in [0.1, 0.15) is 19.3 Å². The van der Waals surface area contributed by atoms with E-state index in [9.17, 15) is 18.0 Å². The van der Waals surface area contributed by atoms with Crippen LogP contribution in [-0.4, -0.2) is 63.7 Å². The molecule has 1 atom stereocenters. The van der Waals surface area contributed by atoms with Gasteiger partial charge in [-0.25, -0.2) is 8.42 Å². The molecule has 0 unspecified atom stereocenters. The quantitative estimate of drug-likeness (QED) is 0.320. The molecule has 1 aliphatic rings. The van der Waals surface area contributed by atoms with E-state index in [0.717, 1.165) is 22.9 Å². The van der Waals surface area contributed by atoms with E-state index >= 15 is 0 Å². The molecule has 42 heavy (non-hydrogen) atoms. The van der Waals surface area contributed by atoms with Crippen molar-refractivity contribution >= 4 is 27.5 Å². The second kappa shape index (κ2) is 14.2. The monoisotopic (exact) mass is 593 g/mol. The smallest absolute Gasteiger partial charge is 0.243 e. The number of nitrogens with one attached hydrogen (secondary N) is 1. The van der Waals surface area contributed by atoms with E-state index in [1.165, 1.54) is 4.31 Å². The molecule has 0 radical (unpaired) electrons. The fourth-order valence-electron chi connectivity index (χ4n) is 5.01. The summed E-state index contributed by atoms with van der Waals surface area (Å²) in [5, 5.41) is 2.90. The predicted molar refractivity (Wildman–Crippen MR) is 163 cm³/mol. The molecule has 224 valence electrons. The number of hydrogen-bond donors (Lipinski definition) is 1. The molecule has 1 heterocycles. The molecule has 10 heteroatoms. The van der Waals surface area contributed by atoms with E-state index < -0.39 is 16.1 Å². The van der Waals surface area contributed by atoms with Crippen molar-refractivity contribution in [3.63, 3.8) is 0 Å². The zero-order valence-corrected chi connectivity index (χ0v) is 25.2. The summed E-state index contributed by atoms with van der Waals surface area (Å²) in [6.45, 7) is 5.44. The lowest BCUT2D eigenvalue weighted by atomic mass is 10.0. The van der Waals surface area contributed by atoms with Crippen LogP contribution >= 0.6 is 0 Å². The molecule has 1 aliphatic heterocycles. The van der Waals surface area contributed by atoms with E-state index in [-0.39, 0.29) is 37.7 Å². The predicted octanol–water partition coefficient (Wildman–Crippen LogP) is 4.09. The van der Waals surface area contributed by atoms with Gasteiger partial charge in [0, 0.05) is 38.5 Å². The molecule has 2 amide bonds. The molecule has 0 spiro atoms. The lowest BCUT2D eigenvalue weighted by molar-refractivity contribution is -0.141. The van der Waals surface area contributed by atoms with Gasteiger partial charge in [-0.1, -0.05) is 54.6 Å². The average Bonchev–Trinajstić information content (AvgIpc) is 2.97. The van der Waals surface area contributed by atoms with Crippen molar-refractivity contribution < 1.29 is 27.5 Å². The van der Waals surface area contributed by atoms with Crippen LogP contribution in [-0.2, 0) is 32.6 Å². The van der Waals surface area contributed by atoms with Gasteiger partial charge >= 0.3 is 0 Å². The molecule has 0 saturated heterocycles. The Kier molecular flexibility index (Phi) is 10.5. The number of amides is 2. The number of likely N-dealkylation sites (N-methyl/N-ethyl adjacent to an activating group) is 1. The molecule has 9 nitrogen and oxygen atoms in total. The molecule has 0 bridgehead atoms. The molecule has 0 saturated carbocycles. The molecular formula is C32H39N3O6S. The number of carbonyl (C=O) groups is 2. The van der Waals surface area contributed by atoms with Crippen molar-refractivity contribution in [2.45, 2.75) is 45.7 Å². The van der Waals surface area contributed by atoms with Crippen LogP contribution in [0.1, 0.15) is 36.5 Å². The minimum Gasteiger partial charge on any atom is -0.486 e. The maximum absolute atomic E-state index is 13.9. The number of aryl methyl sites for hydroxylation is 1. The lowest BCUT2D eigenvalue weighted by Crippen LogP contribution is -2.50. The number of ether oxygens (including phenoxy) is 2. The lowest BCUT2D eigenvalue weighted by Gasteiger charge is -2.32. The Bertz CT molecular complexity index is 1480. The van der Waals surface area contributed by atoms with E-state index in [2.05, 4.69) is 5.32 Å². The summed E-state index contributed by atoms with van der Waals surface area (Å²) in [5.41, 5.74) is 3.35. The summed E-state index contributed by atoms with van der Waals surface area (Å²) in [6.07, 6.45) is 1.82. The van der Waals surface area contributed by atoms with Gasteiger partial charge in [0.2, 0.25) is 21.8 Å². The van der Waals surface area contributed by atoms with E-state index in [4.69, 9.17) is 9.47 Å². The molecule has 3 aromatic carbocycles. The molecule has 1 N–H and O–H groups in total. The maximum Gasteiger partial charge on any atom is 0.243 e. The Labute approximate surface area is 248 Å². The minimum atomic E-state index is -3.65. The van der Waals surface area contributed by atoms with Crippen molar-refractivity contribution in [2.24, 2.45) is 0 Å². The highest BCUT2D eigenvalue weighted by atomic mass is 32.2. The molecular weight excluding hydrogens is 554 g/mol. The van der Waals surface area contributed by atoms with Crippen molar-refractivity contribution in [2.75, 3.05) is 36.9 Å². The van der Waals surface area contributed by atoms with Crippen molar-refractivity contribution in [3.8, 4) is 11.5 Å². The summed E-state index contributed by atoms with van der Waals surface area (Å²) < 4.78 is 38.0. The van der Waals surface area contributed by atoms with Gasteiger partial charge < -0.3 is 19.7 Å². The highest BCUT2D eigenvalue weighted by Crippen LogP contribution is 2.34. The van der Waals surface area contributed by atoms with E-state index in [1.54, 1.807) is 23.1 Å². The van der Waals surface area contributed by atoms with Crippen molar-refractivity contribution in [1.82, 2.24) is 10.2 Å². The number of rotatable bonds is 13. The second-order valence-electron chi connectivity index (χ2n) is 10.3. The topological polar surface area (TPSA) is 105 Å². The Hall–Kier alpha value is -4.05. The minimum absolute atomic E-state index is 0.0626. The van der Waals surface area contributed by atoms with Crippen molar-refractivity contribution in [3.05, 3.63) is 89.5 Å². The number of sulfonamides is 1. The fraction of sp³-hybridized carbons (Fsp3) is 0.375. The van der Waals surface area contributed by atoms with Gasteiger partial charge in [-0.3, -0.25) is 13.9 Å². The van der Waals surface area contributed by atoms with Crippen LogP contribution in [0.2, 0.25) is 0 Å². The highest BCUT2D eigenvalue weighted by Gasteiger charge is 2.30. The Balaban J connectivity index is 1.56. The van der Waals surface area contributed by atoms with Crippen LogP contribution in [0.3, 0.4) is 0 Å². The van der Waals surface area contributed by atoms with Gasteiger partial charge in [0.15, 0.2) is 11.5 Å². The Morgan fingerprint density at radius 3 is 2.33 bits per heavy atom. The maximum atomic E-state index is 13.9. The van der Waals surface area contributed by atoms with Gasteiger partial charge in [0.25, 0.3) is 0 Å². The third-order valence-electron chi connectivity index (χ3n) is 7.19. The summed E-state index contributed by atoms with van der Waals surface area (Å²) in [7, 11) is -3.65. The van der Waals surface area contributed by atoms with Gasteiger partial charge in [-0.05, 0) is 49.1 Å². The van der Waals surface area contributed by atoms with Crippen LogP contribution < -0.4 is 19.1 Å². The Morgan fingerprint density at radius 1 is 0.952 bits per heavy atom. The third-order valence-corrected chi connectivity index (χ3v) is 8.38. The SMILES string of the molecule is CCNC(=O)[C@H](Cc1ccccc1)N(Cc1ccccc1C)C(=O)CCCN(c1ccc2c(c1)OCCO2)S(C)(=O)=O. The van der Waals surface area contributed by atoms with Gasteiger partial charge in [-0.2, -0.15) is 0 Å². The molecule has 0 fully saturated rings. The standard InChI is InChI=1S/C32H39N3O6S/c1-4-33-32(37)28(21-25-12-6-5-7-13-25)34(23-26-14-9-8-11-24(26)2)31(36)15-10-18-35(42(3,38)39)27-16-17-29-30(22-27)41-20-19-40-29/h5-9,11-14,16-17,22,28H,4,10,15,18-21,23H2,1-3H3,(H,33,37)/t28-/m0/s1. The highest BCUT2D eigenvalue weighted by molar-refractivity contribution is 7.92. The van der Waals surface area contributed by atoms with Crippen LogP contribution in [0.25, 0.3) is 0 Å². The summed E-state index contributed by atoms with van der Waals surface area (Å²) in [5.74, 6) is 0.604. The summed E-state index contributed by atoms with van der Waals surface area (Å²) >= 11 is 0. The number of carbonyl (C=O) groups excluding carboxylic acids is 2. The number of hydrogen-bond acceptors (Lipinski definition) is 6. The number of nitrogens with zero attached hydrogens (tertiary/aromatic N) is 2. The van der Waals surface area contributed by atoms with Crippen LogP contribution in [0, 0.1) is 6.92 Å². The first kappa shape index (κ1) is 30.9. The van der Waals surface area contributed by atoms with Crippen LogP contribution in [0.15, 0.2) is 72.8 Å². The zero-order chi connectivity index (χ0) is 30.1. The van der Waals surface area contributed by atoms with Gasteiger partial charge in [-0.15, -0.1) is 0 Å². The third kappa shape index (κ3) is 8.03. The normalized spacial score (nSPS) is 13.2. The summed E-state index contributed by atoms with van der Waals surface area (Å²) in [4.78, 5) is 28.9. The molecule has 3 aromatic rings. The molecule has 0 aliphatic carbocycles. The van der Waals surface area contributed by atoms with Crippen LogP contribution in [0.4, 0.5) is 5.69 Å². The van der Waals surface area contributed by atoms with Crippen molar-refractivity contribution in [1.29, 1.82) is 0 Å². The largest absolute Gasteiger partial charge is 0.486 e. The number of anilines is 1. The zero-order valence-electron chi connectivity index (χ0n) is 24.4. The molecule has 4 rings (SSSR count). The van der Waals surface area contributed by atoms with E-state index in [0.29, 0.717) is 43.4 Å². The first-order chi connectivity index (χ1) is 20.2. The number of benzene rings is 3. The first-order valence-electron chi connectivity index (χ1n) is 14.2. The fourth-order valence-corrected chi connectivity index (χ4v) is 5.97. The van der Waals surface area contributed by atoms with Gasteiger partial charge in [0.05, 0.1) is 11.9 Å². The Morgan fingerprint density at radius 2 is 1.64 bits per heavy atom. The average molecular weight is 594 g/mol. The number of fused-ring (bicyclic) bond motifs is 1.